The fourth-order valence-electron chi connectivity index (χ4n) is 2.78. The van der Waals surface area contributed by atoms with E-state index in [0.717, 1.165) is 13.0 Å². The maximum atomic E-state index is 11.9. The summed E-state index contributed by atoms with van der Waals surface area (Å²) in [6, 6.07) is 10.6. The van der Waals surface area contributed by atoms with Crippen LogP contribution in [0.5, 0.6) is 0 Å². The zero-order valence-electron chi connectivity index (χ0n) is 12.8. The van der Waals surface area contributed by atoms with E-state index >= 15 is 0 Å². The average molecular weight is 306 g/mol. The van der Waals surface area contributed by atoms with E-state index in [9.17, 15) is 4.79 Å². The molecule has 1 aliphatic rings. The van der Waals surface area contributed by atoms with Gasteiger partial charge in [-0.2, -0.15) is 0 Å². The molecule has 0 saturated heterocycles. The largest absolute Gasteiger partial charge is 0.355 e. The molecule has 0 bridgehead atoms. The quantitative estimate of drug-likeness (QED) is 0.812. The highest BCUT2D eigenvalue weighted by atomic mass is 32.2. The molecule has 0 aliphatic heterocycles. The van der Waals surface area contributed by atoms with E-state index in [1.807, 2.05) is 24.8 Å². The van der Waals surface area contributed by atoms with Crippen molar-refractivity contribution in [1.29, 1.82) is 0 Å². The van der Waals surface area contributed by atoms with Crippen LogP contribution in [0.15, 0.2) is 35.2 Å². The summed E-state index contributed by atoms with van der Waals surface area (Å²) in [7, 11) is 0. The first-order valence-corrected chi connectivity index (χ1v) is 8.68. The summed E-state index contributed by atoms with van der Waals surface area (Å²) in [5.74, 6) is 0.132. The Labute approximate surface area is 132 Å². The first-order chi connectivity index (χ1) is 10.1. The second-order valence-corrected chi connectivity index (χ2v) is 7.64. The van der Waals surface area contributed by atoms with Crippen molar-refractivity contribution in [3.05, 3.63) is 30.3 Å². The standard InChI is InChI=1S/C17H26N2OS/c1-14(18)9-10-16(20)19-13-17(11-5-6-12-17)21-15-7-3-2-4-8-15/h2-4,7-8,14H,5-6,9-13,18H2,1H3,(H,19,20). The molecule has 1 amide bonds. The Balaban J connectivity index is 1.88. The highest BCUT2D eigenvalue weighted by molar-refractivity contribution is 8.00. The number of hydrogen-bond donors (Lipinski definition) is 2. The molecular formula is C17H26N2OS. The second kappa shape index (κ2) is 7.85. The number of amides is 1. The van der Waals surface area contributed by atoms with Crippen molar-refractivity contribution in [2.75, 3.05) is 6.54 Å². The third-order valence-electron chi connectivity index (χ3n) is 4.03. The first kappa shape index (κ1) is 16.4. The van der Waals surface area contributed by atoms with E-state index in [-0.39, 0.29) is 16.7 Å². The van der Waals surface area contributed by atoms with Gasteiger partial charge in [0.1, 0.15) is 0 Å². The number of rotatable bonds is 7. The molecule has 21 heavy (non-hydrogen) atoms. The molecule has 3 nitrogen and oxygen atoms in total. The summed E-state index contributed by atoms with van der Waals surface area (Å²) in [6.07, 6.45) is 6.17. The van der Waals surface area contributed by atoms with Crippen molar-refractivity contribution in [2.24, 2.45) is 5.73 Å². The molecule has 1 aliphatic carbocycles. The normalized spacial score (nSPS) is 18.4. The van der Waals surface area contributed by atoms with Crippen LogP contribution in [0.1, 0.15) is 45.4 Å². The number of nitrogens with one attached hydrogen (secondary N) is 1. The van der Waals surface area contributed by atoms with Crippen LogP contribution in [0.2, 0.25) is 0 Å². The number of carbonyl (C=O) groups is 1. The van der Waals surface area contributed by atoms with Gasteiger partial charge in [0.05, 0.1) is 0 Å². The van der Waals surface area contributed by atoms with Crippen LogP contribution in [0, 0.1) is 0 Å². The lowest BCUT2D eigenvalue weighted by atomic mass is 10.1. The molecule has 1 aromatic carbocycles. The predicted molar refractivity (Wildman–Crippen MR) is 89.4 cm³/mol. The number of thioether (sulfide) groups is 1. The summed E-state index contributed by atoms with van der Waals surface area (Å²) in [4.78, 5) is 13.2. The van der Waals surface area contributed by atoms with Crippen molar-refractivity contribution in [3.8, 4) is 0 Å². The Morgan fingerprint density at radius 1 is 1.33 bits per heavy atom. The summed E-state index contributed by atoms with van der Waals surface area (Å²) in [5.41, 5.74) is 5.70. The van der Waals surface area contributed by atoms with E-state index < -0.39 is 0 Å². The van der Waals surface area contributed by atoms with Crippen LogP contribution in [0.4, 0.5) is 0 Å². The fraction of sp³-hybridized carbons (Fsp3) is 0.588. The van der Waals surface area contributed by atoms with Crippen molar-refractivity contribution >= 4 is 17.7 Å². The van der Waals surface area contributed by atoms with Crippen LogP contribution in [0.3, 0.4) is 0 Å². The Bertz CT molecular complexity index is 441. The maximum absolute atomic E-state index is 11.9. The molecule has 1 fully saturated rings. The molecule has 0 aromatic heterocycles. The number of hydrogen-bond acceptors (Lipinski definition) is 3. The molecule has 0 spiro atoms. The molecule has 3 N–H and O–H groups in total. The minimum atomic E-state index is 0.0925. The average Bonchev–Trinajstić information content (AvgIpc) is 2.93. The third kappa shape index (κ3) is 5.36. The van der Waals surface area contributed by atoms with Crippen LogP contribution >= 0.6 is 11.8 Å². The number of carbonyl (C=O) groups excluding carboxylic acids is 1. The third-order valence-corrected chi connectivity index (χ3v) is 5.52. The Kier molecular flexibility index (Phi) is 6.12. The van der Waals surface area contributed by atoms with Gasteiger partial charge in [-0.1, -0.05) is 31.0 Å². The van der Waals surface area contributed by atoms with Gasteiger partial charge >= 0.3 is 0 Å². The molecule has 2 rings (SSSR count). The molecule has 1 unspecified atom stereocenters. The lowest BCUT2D eigenvalue weighted by Crippen LogP contribution is -2.38. The van der Waals surface area contributed by atoms with E-state index in [1.54, 1.807) is 0 Å². The monoisotopic (exact) mass is 306 g/mol. The van der Waals surface area contributed by atoms with Crippen LogP contribution in [-0.4, -0.2) is 23.2 Å². The highest BCUT2D eigenvalue weighted by Gasteiger charge is 2.35. The van der Waals surface area contributed by atoms with E-state index in [4.69, 9.17) is 5.73 Å². The second-order valence-electron chi connectivity index (χ2n) is 6.10. The molecule has 4 heteroatoms. The van der Waals surface area contributed by atoms with Crippen LogP contribution in [0.25, 0.3) is 0 Å². The van der Waals surface area contributed by atoms with Gasteiger partial charge in [-0.25, -0.2) is 0 Å². The SMILES string of the molecule is CC(N)CCC(=O)NCC1(Sc2ccccc2)CCCC1. The van der Waals surface area contributed by atoms with Gasteiger partial charge in [-0.3, -0.25) is 4.79 Å². The van der Waals surface area contributed by atoms with Gasteiger partial charge in [-0.15, -0.1) is 11.8 Å². The Hall–Kier alpha value is -1.00. The van der Waals surface area contributed by atoms with Gasteiger partial charge in [0, 0.05) is 28.6 Å². The first-order valence-electron chi connectivity index (χ1n) is 7.86. The molecule has 0 radical (unpaired) electrons. The van der Waals surface area contributed by atoms with Crippen molar-refractivity contribution in [3.63, 3.8) is 0 Å². The molecule has 116 valence electrons. The van der Waals surface area contributed by atoms with Crippen molar-refractivity contribution in [2.45, 2.75) is 61.1 Å². The lowest BCUT2D eigenvalue weighted by Gasteiger charge is -2.28. The van der Waals surface area contributed by atoms with E-state index in [2.05, 4.69) is 29.6 Å². The smallest absolute Gasteiger partial charge is 0.220 e. The number of benzene rings is 1. The molecule has 1 saturated carbocycles. The maximum Gasteiger partial charge on any atom is 0.220 e. The topological polar surface area (TPSA) is 55.1 Å². The Morgan fingerprint density at radius 2 is 2.00 bits per heavy atom. The summed E-state index contributed by atoms with van der Waals surface area (Å²) in [5, 5.41) is 3.13. The summed E-state index contributed by atoms with van der Waals surface area (Å²) < 4.78 is 0.172. The van der Waals surface area contributed by atoms with Gasteiger partial charge in [0.25, 0.3) is 0 Å². The van der Waals surface area contributed by atoms with Crippen LogP contribution in [-0.2, 0) is 4.79 Å². The zero-order valence-corrected chi connectivity index (χ0v) is 13.6. The minimum absolute atomic E-state index is 0.0925. The van der Waals surface area contributed by atoms with Gasteiger partial charge in [0.15, 0.2) is 0 Å². The van der Waals surface area contributed by atoms with Gasteiger partial charge < -0.3 is 11.1 Å². The Morgan fingerprint density at radius 3 is 2.62 bits per heavy atom. The zero-order chi connectivity index (χ0) is 15.1. The predicted octanol–water partition coefficient (Wildman–Crippen LogP) is 3.34. The van der Waals surface area contributed by atoms with Gasteiger partial charge in [0.2, 0.25) is 5.91 Å². The van der Waals surface area contributed by atoms with Gasteiger partial charge in [-0.05, 0) is 38.3 Å². The molecule has 1 aromatic rings. The fourth-order valence-corrected chi connectivity index (χ4v) is 4.21. The summed E-state index contributed by atoms with van der Waals surface area (Å²) in [6.45, 7) is 2.71. The number of nitrogens with two attached hydrogens (primary N) is 1. The van der Waals surface area contributed by atoms with Crippen LogP contribution < -0.4 is 11.1 Å². The molecule has 1 atom stereocenters. The highest BCUT2D eigenvalue weighted by Crippen LogP contribution is 2.44. The summed E-state index contributed by atoms with van der Waals surface area (Å²) >= 11 is 1.93. The van der Waals surface area contributed by atoms with Crippen molar-refractivity contribution in [1.82, 2.24) is 5.32 Å². The van der Waals surface area contributed by atoms with Crippen molar-refractivity contribution < 1.29 is 4.79 Å². The van der Waals surface area contributed by atoms with E-state index in [0.29, 0.717) is 6.42 Å². The molecule has 0 heterocycles. The van der Waals surface area contributed by atoms with E-state index in [1.165, 1.54) is 30.6 Å². The molecular weight excluding hydrogens is 280 g/mol. The lowest BCUT2D eigenvalue weighted by molar-refractivity contribution is -0.121. The minimum Gasteiger partial charge on any atom is -0.355 e.